The molecule has 0 spiro atoms. The third kappa shape index (κ3) is 4.03. The summed E-state index contributed by atoms with van der Waals surface area (Å²) in [6.07, 6.45) is 3.35. The van der Waals surface area contributed by atoms with E-state index in [1.807, 2.05) is 6.92 Å². The second-order valence-corrected chi connectivity index (χ2v) is 3.87. The molecule has 1 rings (SSSR count). The van der Waals surface area contributed by atoms with Crippen molar-refractivity contribution in [3.8, 4) is 5.88 Å². The lowest BCUT2D eigenvalue weighted by molar-refractivity contribution is 0.0934. The number of rotatable bonds is 6. The lowest BCUT2D eigenvalue weighted by atomic mass is 10.1. The summed E-state index contributed by atoms with van der Waals surface area (Å²) in [5.74, 6) is 0.176. The molecule has 1 atom stereocenters. The number of methoxy groups -OCH3 is 1. The summed E-state index contributed by atoms with van der Waals surface area (Å²) in [7, 11) is 1.50. The maximum atomic E-state index is 11.9. The Balaban J connectivity index is 2.63. The zero-order valence-electron chi connectivity index (χ0n) is 10.3. The third-order valence-corrected chi connectivity index (χ3v) is 2.43. The van der Waals surface area contributed by atoms with Gasteiger partial charge in [-0.05, 0) is 38.4 Å². The van der Waals surface area contributed by atoms with E-state index in [2.05, 4.69) is 10.3 Å². The predicted octanol–water partition coefficient (Wildman–Crippen LogP) is 0.947. The van der Waals surface area contributed by atoms with E-state index in [4.69, 9.17) is 10.5 Å². The fraction of sp³-hybridized carbons (Fsp3) is 0.500. The number of carbonyl (C=O) groups is 1. The van der Waals surface area contributed by atoms with Crippen LogP contribution in [0.15, 0.2) is 18.3 Å². The minimum atomic E-state index is -0.167. The average molecular weight is 237 g/mol. The Kier molecular flexibility index (Phi) is 5.42. The molecule has 1 aromatic heterocycles. The van der Waals surface area contributed by atoms with Crippen LogP contribution in [0.25, 0.3) is 0 Å². The van der Waals surface area contributed by atoms with Crippen molar-refractivity contribution in [2.45, 2.75) is 25.8 Å². The van der Waals surface area contributed by atoms with Gasteiger partial charge in [0.05, 0.1) is 7.11 Å². The van der Waals surface area contributed by atoms with E-state index in [1.165, 1.54) is 7.11 Å². The first-order chi connectivity index (χ1) is 8.19. The van der Waals surface area contributed by atoms with Gasteiger partial charge in [0.15, 0.2) is 0 Å². The highest BCUT2D eigenvalue weighted by atomic mass is 16.5. The van der Waals surface area contributed by atoms with Gasteiger partial charge in [-0.2, -0.15) is 0 Å². The van der Waals surface area contributed by atoms with Gasteiger partial charge in [0.2, 0.25) is 5.88 Å². The second kappa shape index (κ2) is 6.85. The van der Waals surface area contributed by atoms with Crippen molar-refractivity contribution in [3.63, 3.8) is 0 Å². The number of hydrogen-bond donors (Lipinski definition) is 2. The van der Waals surface area contributed by atoms with Crippen molar-refractivity contribution in [2.75, 3.05) is 13.7 Å². The summed E-state index contributed by atoms with van der Waals surface area (Å²) in [5, 5.41) is 2.89. The first-order valence-electron chi connectivity index (χ1n) is 5.69. The Labute approximate surface area is 101 Å². The molecular weight excluding hydrogens is 218 g/mol. The van der Waals surface area contributed by atoms with Crippen LogP contribution in [-0.4, -0.2) is 30.6 Å². The first kappa shape index (κ1) is 13.4. The van der Waals surface area contributed by atoms with E-state index >= 15 is 0 Å². The summed E-state index contributed by atoms with van der Waals surface area (Å²) in [4.78, 5) is 15.9. The van der Waals surface area contributed by atoms with Crippen LogP contribution in [0.4, 0.5) is 0 Å². The Hall–Kier alpha value is -1.62. The number of nitrogens with one attached hydrogen (secondary N) is 1. The molecule has 0 saturated heterocycles. The molecule has 1 aromatic rings. The van der Waals surface area contributed by atoms with Crippen LogP contribution in [0.1, 0.15) is 30.1 Å². The second-order valence-electron chi connectivity index (χ2n) is 3.87. The monoisotopic (exact) mass is 237 g/mol. The molecule has 1 heterocycles. The highest BCUT2D eigenvalue weighted by molar-refractivity contribution is 5.96. The number of carbonyl (C=O) groups excluding carboxylic acids is 1. The number of nitrogens with two attached hydrogens (primary N) is 1. The Morgan fingerprint density at radius 1 is 1.65 bits per heavy atom. The average Bonchev–Trinajstić information content (AvgIpc) is 2.36. The van der Waals surface area contributed by atoms with Crippen LogP contribution in [-0.2, 0) is 0 Å². The zero-order valence-corrected chi connectivity index (χ0v) is 10.3. The summed E-state index contributed by atoms with van der Waals surface area (Å²) in [5.41, 5.74) is 5.88. The van der Waals surface area contributed by atoms with Gasteiger partial charge in [0.1, 0.15) is 5.56 Å². The number of pyridine rings is 1. The van der Waals surface area contributed by atoms with Crippen molar-refractivity contribution in [2.24, 2.45) is 5.73 Å². The topological polar surface area (TPSA) is 77.2 Å². The summed E-state index contributed by atoms with van der Waals surface area (Å²) in [6.45, 7) is 2.59. The molecule has 5 heteroatoms. The molecule has 0 aromatic carbocycles. The highest BCUT2D eigenvalue weighted by Gasteiger charge is 2.14. The Bertz CT molecular complexity index is 369. The molecule has 3 N–H and O–H groups in total. The maximum Gasteiger partial charge on any atom is 0.256 e. The van der Waals surface area contributed by atoms with Crippen molar-refractivity contribution < 1.29 is 9.53 Å². The highest BCUT2D eigenvalue weighted by Crippen LogP contribution is 2.13. The van der Waals surface area contributed by atoms with E-state index in [-0.39, 0.29) is 11.9 Å². The summed E-state index contributed by atoms with van der Waals surface area (Å²) in [6, 6.07) is 3.50. The lowest BCUT2D eigenvalue weighted by Crippen LogP contribution is -2.33. The molecule has 1 unspecified atom stereocenters. The van der Waals surface area contributed by atoms with Gasteiger partial charge in [-0.25, -0.2) is 4.98 Å². The standard InChI is InChI=1S/C12H19N3O2/c1-9(5-3-7-13)15-11(16)10-6-4-8-14-12(10)17-2/h4,6,8-9H,3,5,7,13H2,1-2H3,(H,15,16). The smallest absolute Gasteiger partial charge is 0.256 e. The van der Waals surface area contributed by atoms with Gasteiger partial charge in [0.25, 0.3) is 5.91 Å². The molecule has 0 aliphatic heterocycles. The third-order valence-electron chi connectivity index (χ3n) is 2.43. The van der Waals surface area contributed by atoms with Gasteiger partial charge in [0, 0.05) is 12.2 Å². The maximum absolute atomic E-state index is 11.9. The molecular formula is C12H19N3O2. The van der Waals surface area contributed by atoms with Gasteiger partial charge < -0.3 is 15.8 Å². The SMILES string of the molecule is COc1ncccc1C(=O)NC(C)CCCN. The van der Waals surface area contributed by atoms with E-state index in [0.717, 1.165) is 12.8 Å². The molecule has 1 amide bonds. The Morgan fingerprint density at radius 3 is 3.06 bits per heavy atom. The van der Waals surface area contributed by atoms with Gasteiger partial charge >= 0.3 is 0 Å². The quantitative estimate of drug-likeness (QED) is 0.772. The van der Waals surface area contributed by atoms with Crippen LogP contribution in [0.5, 0.6) is 5.88 Å². The molecule has 0 aliphatic rings. The Morgan fingerprint density at radius 2 is 2.41 bits per heavy atom. The van der Waals surface area contributed by atoms with E-state index < -0.39 is 0 Å². The molecule has 0 saturated carbocycles. The number of amides is 1. The van der Waals surface area contributed by atoms with E-state index in [0.29, 0.717) is 18.0 Å². The largest absolute Gasteiger partial charge is 0.480 e. The number of aromatic nitrogens is 1. The fourth-order valence-corrected chi connectivity index (χ4v) is 1.52. The van der Waals surface area contributed by atoms with Gasteiger partial charge in [-0.15, -0.1) is 0 Å². The van der Waals surface area contributed by atoms with Crippen molar-refractivity contribution in [1.29, 1.82) is 0 Å². The van der Waals surface area contributed by atoms with Crippen LogP contribution in [0.3, 0.4) is 0 Å². The van der Waals surface area contributed by atoms with E-state index in [9.17, 15) is 4.79 Å². The zero-order chi connectivity index (χ0) is 12.7. The van der Waals surface area contributed by atoms with Crippen LogP contribution < -0.4 is 15.8 Å². The minimum absolute atomic E-state index is 0.0935. The number of nitrogens with zero attached hydrogens (tertiary/aromatic N) is 1. The van der Waals surface area contributed by atoms with Crippen LogP contribution in [0, 0.1) is 0 Å². The molecule has 5 nitrogen and oxygen atoms in total. The molecule has 17 heavy (non-hydrogen) atoms. The number of hydrogen-bond acceptors (Lipinski definition) is 4. The fourth-order valence-electron chi connectivity index (χ4n) is 1.52. The lowest BCUT2D eigenvalue weighted by Gasteiger charge is -2.14. The van der Waals surface area contributed by atoms with E-state index in [1.54, 1.807) is 18.3 Å². The summed E-state index contributed by atoms with van der Waals surface area (Å²) < 4.78 is 5.04. The van der Waals surface area contributed by atoms with Crippen molar-refractivity contribution in [1.82, 2.24) is 10.3 Å². The van der Waals surface area contributed by atoms with Crippen LogP contribution >= 0.6 is 0 Å². The number of ether oxygens (including phenoxy) is 1. The van der Waals surface area contributed by atoms with Crippen molar-refractivity contribution >= 4 is 5.91 Å². The minimum Gasteiger partial charge on any atom is -0.480 e. The van der Waals surface area contributed by atoms with Gasteiger partial charge in [-0.1, -0.05) is 0 Å². The van der Waals surface area contributed by atoms with Crippen molar-refractivity contribution in [3.05, 3.63) is 23.9 Å². The molecule has 94 valence electrons. The molecule has 0 aliphatic carbocycles. The van der Waals surface area contributed by atoms with Crippen LogP contribution in [0.2, 0.25) is 0 Å². The first-order valence-corrected chi connectivity index (χ1v) is 5.69. The van der Waals surface area contributed by atoms with Gasteiger partial charge in [-0.3, -0.25) is 4.79 Å². The summed E-state index contributed by atoms with van der Waals surface area (Å²) >= 11 is 0. The molecule has 0 bridgehead atoms. The normalized spacial score (nSPS) is 11.9. The predicted molar refractivity (Wildman–Crippen MR) is 66.0 cm³/mol. The molecule has 0 radical (unpaired) electrons. The molecule has 0 fully saturated rings.